The van der Waals surface area contributed by atoms with Crippen LogP contribution in [0.4, 0.5) is 0 Å². The van der Waals surface area contributed by atoms with Gasteiger partial charge in [0.05, 0.1) is 16.8 Å². The van der Waals surface area contributed by atoms with E-state index in [0.717, 1.165) is 25.7 Å². The second-order valence-corrected chi connectivity index (χ2v) is 7.44. The van der Waals surface area contributed by atoms with Gasteiger partial charge in [0.25, 0.3) is 5.91 Å². The number of H-pyrrole nitrogens is 1. The summed E-state index contributed by atoms with van der Waals surface area (Å²) in [6.07, 6.45) is 8.08. The Balaban J connectivity index is 1.80. The molecule has 1 heterocycles. The molecule has 0 radical (unpaired) electrons. The number of hydrogen-bond acceptors (Lipinski definition) is 4. The number of nitrogens with one attached hydrogen (secondary N) is 1. The maximum atomic E-state index is 12.9. The van der Waals surface area contributed by atoms with Crippen molar-refractivity contribution < 1.29 is 15.0 Å². The normalized spacial score (nSPS) is 21.5. The molecular weight excluding hydrogens is 306 g/mol. The minimum atomic E-state index is -0.866. The predicted octanol–water partition coefficient (Wildman–Crippen LogP) is 1.94. The van der Waals surface area contributed by atoms with Crippen molar-refractivity contribution in [2.45, 2.75) is 62.6 Å². The average molecular weight is 331 g/mol. The molecule has 130 valence electrons. The molecule has 3 N–H and O–H groups in total. The molecule has 0 bridgehead atoms. The fourth-order valence-electron chi connectivity index (χ4n) is 4.05. The molecule has 0 saturated heterocycles. The maximum absolute atomic E-state index is 12.9. The highest BCUT2D eigenvalue weighted by molar-refractivity contribution is 5.93. The van der Waals surface area contributed by atoms with Crippen molar-refractivity contribution in [3.63, 3.8) is 0 Å². The van der Waals surface area contributed by atoms with E-state index in [1.54, 1.807) is 4.90 Å². The average Bonchev–Trinajstić information content (AvgIpc) is 3.27. The van der Waals surface area contributed by atoms with Gasteiger partial charge in [0, 0.05) is 19.3 Å². The molecule has 0 unspecified atom stereocenters. The SMILES string of the molecule is N#Cc1c[nH]c(C(=O)N(CC2(O)CCCC2)CC2(O)CCCC2)c1. The Morgan fingerprint density at radius 2 is 1.62 bits per heavy atom. The molecule has 3 rings (SSSR count). The van der Waals surface area contributed by atoms with Crippen LogP contribution in [0.25, 0.3) is 0 Å². The second kappa shape index (κ2) is 6.58. The number of aromatic amines is 1. The van der Waals surface area contributed by atoms with E-state index in [0.29, 0.717) is 36.9 Å². The molecule has 1 aromatic rings. The lowest BCUT2D eigenvalue weighted by molar-refractivity contribution is -0.0263. The van der Waals surface area contributed by atoms with Gasteiger partial charge in [-0.2, -0.15) is 5.26 Å². The number of aromatic nitrogens is 1. The van der Waals surface area contributed by atoms with Gasteiger partial charge in [-0.1, -0.05) is 25.7 Å². The van der Waals surface area contributed by atoms with Gasteiger partial charge < -0.3 is 20.1 Å². The molecule has 2 fully saturated rings. The van der Waals surface area contributed by atoms with Crippen molar-refractivity contribution in [2.75, 3.05) is 13.1 Å². The van der Waals surface area contributed by atoms with Crippen molar-refractivity contribution >= 4 is 5.91 Å². The van der Waals surface area contributed by atoms with E-state index in [4.69, 9.17) is 5.26 Å². The van der Waals surface area contributed by atoms with E-state index in [9.17, 15) is 15.0 Å². The summed E-state index contributed by atoms with van der Waals surface area (Å²) in [6, 6.07) is 3.52. The Labute approximate surface area is 142 Å². The topological polar surface area (TPSA) is 100 Å². The summed E-state index contributed by atoms with van der Waals surface area (Å²) in [5.41, 5.74) is -1.00. The Morgan fingerprint density at radius 3 is 2.04 bits per heavy atom. The molecular formula is C18H25N3O3. The first-order chi connectivity index (χ1) is 11.4. The molecule has 6 nitrogen and oxygen atoms in total. The van der Waals surface area contributed by atoms with Crippen LogP contribution in [0.2, 0.25) is 0 Å². The first-order valence-corrected chi connectivity index (χ1v) is 8.76. The highest BCUT2D eigenvalue weighted by Crippen LogP contribution is 2.34. The zero-order valence-electron chi connectivity index (χ0n) is 13.9. The van der Waals surface area contributed by atoms with Crippen LogP contribution in [0.1, 0.15) is 67.4 Å². The lowest BCUT2D eigenvalue weighted by Gasteiger charge is -2.36. The standard InChI is InChI=1S/C18H25N3O3/c19-10-14-9-15(20-11-14)16(22)21(12-17(23)5-1-2-6-17)13-18(24)7-3-4-8-18/h9,11,20,23-24H,1-8,12-13H2. The van der Waals surface area contributed by atoms with Gasteiger partial charge >= 0.3 is 0 Å². The van der Waals surface area contributed by atoms with Crippen LogP contribution >= 0.6 is 0 Å². The van der Waals surface area contributed by atoms with Gasteiger partial charge in [-0.05, 0) is 31.7 Å². The monoisotopic (exact) mass is 331 g/mol. The number of hydrogen-bond donors (Lipinski definition) is 3. The number of nitrogens with zero attached hydrogens (tertiary/aromatic N) is 2. The zero-order chi connectivity index (χ0) is 17.2. The van der Waals surface area contributed by atoms with Crippen LogP contribution in [0.5, 0.6) is 0 Å². The molecule has 0 atom stereocenters. The van der Waals surface area contributed by atoms with E-state index < -0.39 is 11.2 Å². The molecule has 0 aliphatic heterocycles. The summed E-state index contributed by atoms with van der Waals surface area (Å²) in [5.74, 6) is -0.267. The fourth-order valence-corrected chi connectivity index (χ4v) is 4.05. The zero-order valence-corrected chi connectivity index (χ0v) is 13.9. The number of aliphatic hydroxyl groups is 2. The molecule has 2 saturated carbocycles. The van der Waals surface area contributed by atoms with Gasteiger partial charge in [-0.25, -0.2) is 0 Å². The molecule has 0 spiro atoms. The smallest absolute Gasteiger partial charge is 0.270 e. The first-order valence-electron chi connectivity index (χ1n) is 8.76. The highest BCUT2D eigenvalue weighted by atomic mass is 16.3. The van der Waals surface area contributed by atoms with E-state index >= 15 is 0 Å². The Bertz CT molecular complexity index is 610. The lowest BCUT2D eigenvalue weighted by atomic mass is 9.97. The summed E-state index contributed by atoms with van der Waals surface area (Å²) in [4.78, 5) is 17.3. The molecule has 2 aliphatic carbocycles. The third-order valence-corrected chi connectivity index (χ3v) is 5.37. The quantitative estimate of drug-likeness (QED) is 0.767. The van der Waals surface area contributed by atoms with Crippen LogP contribution in [0.15, 0.2) is 12.3 Å². The number of carbonyl (C=O) groups is 1. The van der Waals surface area contributed by atoms with Gasteiger partial charge in [-0.15, -0.1) is 0 Å². The molecule has 0 aromatic carbocycles. The van der Waals surface area contributed by atoms with Gasteiger partial charge in [0.1, 0.15) is 11.8 Å². The van der Waals surface area contributed by atoms with Crippen LogP contribution < -0.4 is 0 Å². The van der Waals surface area contributed by atoms with E-state index in [-0.39, 0.29) is 19.0 Å². The minimum absolute atomic E-state index is 0.231. The largest absolute Gasteiger partial charge is 0.388 e. The van der Waals surface area contributed by atoms with Crippen molar-refractivity contribution in [1.29, 1.82) is 5.26 Å². The number of nitriles is 1. The number of amides is 1. The summed E-state index contributed by atoms with van der Waals surface area (Å²) in [7, 11) is 0. The summed E-state index contributed by atoms with van der Waals surface area (Å²) in [5, 5.41) is 30.4. The fraction of sp³-hybridized carbons (Fsp3) is 0.667. The van der Waals surface area contributed by atoms with Crippen LogP contribution in [0, 0.1) is 11.3 Å². The third kappa shape index (κ3) is 3.63. The molecule has 6 heteroatoms. The Morgan fingerprint density at radius 1 is 1.12 bits per heavy atom. The van der Waals surface area contributed by atoms with Crippen molar-refractivity contribution in [2.24, 2.45) is 0 Å². The van der Waals surface area contributed by atoms with Crippen molar-refractivity contribution in [1.82, 2.24) is 9.88 Å². The molecule has 1 aromatic heterocycles. The van der Waals surface area contributed by atoms with Crippen LogP contribution in [-0.2, 0) is 0 Å². The number of rotatable bonds is 5. The first kappa shape index (κ1) is 17.0. The van der Waals surface area contributed by atoms with Crippen LogP contribution in [0.3, 0.4) is 0 Å². The van der Waals surface area contributed by atoms with Gasteiger partial charge in [-0.3, -0.25) is 4.79 Å². The number of carbonyl (C=O) groups excluding carboxylic acids is 1. The summed E-state index contributed by atoms with van der Waals surface area (Å²) in [6.45, 7) is 0.462. The highest BCUT2D eigenvalue weighted by Gasteiger charge is 2.40. The van der Waals surface area contributed by atoms with E-state index in [1.165, 1.54) is 12.3 Å². The van der Waals surface area contributed by atoms with E-state index in [1.807, 2.05) is 6.07 Å². The molecule has 2 aliphatic rings. The Kier molecular flexibility index (Phi) is 4.66. The maximum Gasteiger partial charge on any atom is 0.270 e. The molecule has 1 amide bonds. The third-order valence-electron chi connectivity index (χ3n) is 5.37. The van der Waals surface area contributed by atoms with E-state index in [2.05, 4.69) is 4.98 Å². The van der Waals surface area contributed by atoms with Crippen LogP contribution in [-0.4, -0.2) is 50.3 Å². The van der Waals surface area contributed by atoms with Gasteiger partial charge in [0.2, 0.25) is 0 Å². The summed E-state index contributed by atoms with van der Waals surface area (Å²) >= 11 is 0. The minimum Gasteiger partial charge on any atom is -0.388 e. The molecule has 24 heavy (non-hydrogen) atoms. The van der Waals surface area contributed by atoms with Gasteiger partial charge in [0.15, 0.2) is 0 Å². The second-order valence-electron chi connectivity index (χ2n) is 7.44. The van der Waals surface area contributed by atoms with Crippen molar-refractivity contribution in [3.8, 4) is 6.07 Å². The summed E-state index contributed by atoms with van der Waals surface area (Å²) < 4.78 is 0. The lowest BCUT2D eigenvalue weighted by Crippen LogP contribution is -2.50. The Hall–Kier alpha value is -1.84. The van der Waals surface area contributed by atoms with Crippen molar-refractivity contribution in [3.05, 3.63) is 23.5 Å². The predicted molar refractivity (Wildman–Crippen MR) is 88.2 cm³/mol.